The first-order valence-corrected chi connectivity index (χ1v) is 16.6. The van der Waals surface area contributed by atoms with E-state index < -0.39 is 11.5 Å². The first-order valence-electron chi connectivity index (χ1n) is 16.6. The Morgan fingerprint density at radius 3 is 2.39 bits per heavy atom. The molecule has 0 unspecified atom stereocenters. The molecule has 0 bridgehead atoms. The summed E-state index contributed by atoms with van der Waals surface area (Å²) in [6, 6.07) is 12.4. The van der Waals surface area contributed by atoms with E-state index in [-0.39, 0.29) is 35.6 Å². The van der Waals surface area contributed by atoms with Crippen molar-refractivity contribution in [3.05, 3.63) is 72.2 Å². The molecule has 2 N–H and O–H groups in total. The predicted octanol–water partition coefficient (Wildman–Crippen LogP) is 2.25. The van der Waals surface area contributed by atoms with Crippen molar-refractivity contribution in [1.82, 2.24) is 25.3 Å². The highest BCUT2D eigenvalue weighted by molar-refractivity contribution is 5.92. The van der Waals surface area contributed by atoms with Gasteiger partial charge in [-0.25, -0.2) is 0 Å². The molecule has 46 heavy (non-hydrogen) atoms. The molecular weight excluding hydrogens is 586 g/mol. The molecule has 3 fully saturated rings. The summed E-state index contributed by atoms with van der Waals surface area (Å²) < 4.78 is 10.9. The van der Waals surface area contributed by atoms with Gasteiger partial charge in [0.1, 0.15) is 6.04 Å². The van der Waals surface area contributed by atoms with Gasteiger partial charge in [0, 0.05) is 64.9 Å². The normalized spacial score (nSPS) is 26.0. The van der Waals surface area contributed by atoms with Gasteiger partial charge >= 0.3 is 0 Å². The highest BCUT2D eigenvalue weighted by atomic mass is 16.5. The average molecular weight is 632 g/mol. The summed E-state index contributed by atoms with van der Waals surface area (Å²) in [5, 5.41) is 6.45. The number of piperidine rings is 1. The number of rotatable bonds is 5. The molecule has 4 amide bonds. The fourth-order valence-corrected chi connectivity index (χ4v) is 7.21. The van der Waals surface area contributed by atoms with Crippen LogP contribution in [0.25, 0.3) is 0 Å². The van der Waals surface area contributed by atoms with Crippen molar-refractivity contribution in [1.29, 1.82) is 0 Å². The van der Waals surface area contributed by atoms with Crippen LogP contribution in [0, 0.1) is 11.3 Å². The number of piperazine rings is 1. The summed E-state index contributed by atoms with van der Waals surface area (Å²) in [5.41, 5.74) is 0.396. The third-order valence-corrected chi connectivity index (χ3v) is 10.1. The van der Waals surface area contributed by atoms with Crippen LogP contribution in [0.2, 0.25) is 0 Å². The molecule has 1 spiro atoms. The Hall–Kier alpha value is -3.96. The van der Waals surface area contributed by atoms with Gasteiger partial charge in [0.25, 0.3) is 5.91 Å². The van der Waals surface area contributed by atoms with Gasteiger partial charge < -0.3 is 29.6 Å². The fourth-order valence-electron chi connectivity index (χ4n) is 7.21. The quantitative estimate of drug-likeness (QED) is 0.486. The fraction of sp³-hybridized carbons (Fsp3) is 0.543. The number of allylic oxidation sites excluding steroid dienone is 2. The third kappa shape index (κ3) is 7.53. The zero-order valence-electron chi connectivity index (χ0n) is 26.4. The monoisotopic (exact) mass is 631 g/mol. The Labute approximate surface area is 270 Å². The Bertz CT molecular complexity index is 1380. The molecule has 3 saturated heterocycles. The third-order valence-electron chi connectivity index (χ3n) is 10.1. The van der Waals surface area contributed by atoms with Gasteiger partial charge in [-0.15, -0.1) is 0 Å². The Morgan fingerprint density at radius 2 is 1.65 bits per heavy atom. The molecule has 0 saturated carbocycles. The van der Waals surface area contributed by atoms with Crippen molar-refractivity contribution in [2.45, 2.75) is 50.6 Å². The van der Waals surface area contributed by atoms with Crippen LogP contribution < -0.4 is 10.6 Å². The zero-order chi connectivity index (χ0) is 31.9. The molecule has 0 radical (unpaired) electrons. The van der Waals surface area contributed by atoms with Crippen molar-refractivity contribution in [2.24, 2.45) is 11.3 Å². The number of hydrogen-bond donors (Lipinski definition) is 2. The minimum absolute atomic E-state index is 0.0587. The summed E-state index contributed by atoms with van der Waals surface area (Å²) in [4.78, 5) is 59.3. The van der Waals surface area contributed by atoms with Gasteiger partial charge in [0.05, 0.1) is 18.2 Å². The summed E-state index contributed by atoms with van der Waals surface area (Å²) in [5.74, 6) is 0.118. The van der Waals surface area contributed by atoms with E-state index in [1.54, 1.807) is 17.0 Å². The molecule has 1 aromatic heterocycles. The second-order valence-electron chi connectivity index (χ2n) is 13.1. The maximum absolute atomic E-state index is 13.8. The number of fused-ring (bicyclic) bond motifs is 1. The van der Waals surface area contributed by atoms with Crippen LogP contribution in [0.1, 0.15) is 48.2 Å². The molecular formula is C35H45N5O6. The lowest BCUT2D eigenvalue weighted by molar-refractivity contribution is -0.140. The first-order chi connectivity index (χ1) is 22.4. The van der Waals surface area contributed by atoms with E-state index in [0.717, 1.165) is 18.4 Å². The number of amides is 4. The molecule has 6 rings (SSSR count). The van der Waals surface area contributed by atoms with E-state index in [4.69, 9.17) is 9.15 Å². The average Bonchev–Trinajstić information content (AvgIpc) is 3.63. The van der Waals surface area contributed by atoms with Crippen molar-refractivity contribution in [2.75, 3.05) is 59.0 Å². The molecule has 4 aliphatic rings. The van der Waals surface area contributed by atoms with Crippen LogP contribution in [0.4, 0.5) is 0 Å². The lowest BCUT2D eigenvalue weighted by Gasteiger charge is -2.41. The van der Waals surface area contributed by atoms with E-state index in [0.29, 0.717) is 90.5 Å². The largest absolute Gasteiger partial charge is 0.459 e. The van der Waals surface area contributed by atoms with Crippen LogP contribution in [-0.2, 0) is 25.5 Å². The van der Waals surface area contributed by atoms with Gasteiger partial charge in [-0.05, 0) is 55.7 Å². The molecule has 5 heterocycles. The number of nitrogens with zero attached hydrogens (tertiary/aromatic N) is 3. The van der Waals surface area contributed by atoms with Gasteiger partial charge in [0.2, 0.25) is 17.7 Å². The minimum Gasteiger partial charge on any atom is -0.459 e. The number of likely N-dealkylation sites (tertiary alicyclic amines) is 1. The lowest BCUT2D eigenvalue weighted by atomic mass is 9.75. The van der Waals surface area contributed by atoms with E-state index in [1.807, 2.05) is 35.2 Å². The van der Waals surface area contributed by atoms with Crippen LogP contribution in [0.5, 0.6) is 0 Å². The zero-order valence-corrected chi connectivity index (χ0v) is 26.4. The summed E-state index contributed by atoms with van der Waals surface area (Å²) >= 11 is 0. The topological polar surface area (TPSA) is 124 Å². The van der Waals surface area contributed by atoms with Crippen LogP contribution in [0.15, 0.2) is 65.3 Å². The van der Waals surface area contributed by atoms with E-state index in [9.17, 15) is 19.2 Å². The second kappa shape index (κ2) is 14.6. The molecule has 11 nitrogen and oxygen atoms in total. The number of carbonyl (C=O) groups is 4. The lowest BCUT2D eigenvalue weighted by Crippen LogP contribution is -2.59. The highest BCUT2D eigenvalue weighted by Gasteiger charge is 2.42. The molecule has 246 valence electrons. The summed E-state index contributed by atoms with van der Waals surface area (Å²) in [6.07, 6.45) is 9.50. The predicted molar refractivity (Wildman–Crippen MR) is 171 cm³/mol. The number of nitrogens with one attached hydrogen (secondary N) is 2. The molecule has 4 aliphatic heterocycles. The maximum atomic E-state index is 13.8. The van der Waals surface area contributed by atoms with Crippen LogP contribution in [0.3, 0.4) is 0 Å². The first kappa shape index (κ1) is 32.0. The van der Waals surface area contributed by atoms with Gasteiger partial charge in [0.15, 0.2) is 5.76 Å². The number of ether oxygens (including phenoxy) is 1. The summed E-state index contributed by atoms with van der Waals surface area (Å²) in [6.45, 7) is 4.67. The van der Waals surface area contributed by atoms with E-state index in [1.165, 1.54) is 6.26 Å². The standard InChI is InChI=1S/C35H45N5O6/c41-31(39-16-18-40(19-17-39)33(43)30-10-6-20-46-30)25-38-15-11-28-27(24-38)9-4-5-12-35(13-21-45-22-14-35)34(44)37-29(32(42)36-28)23-26-7-2-1-3-8-26/h1-8,10,20,27-29H,9,11-19,21-25H2,(H,36,42)(H,37,44)/t27-,28+,29-/m1/s1. The molecule has 1 aromatic carbocycles. The van der Waals surface area contributed by atoms with Crippen molar-refractivity contribution >= 4 is 23.6 Å². The van der Waals surface area contributed by atoms with Gasteiger partial charge in [-0.3, -0.25) is 24.1 Å². The van der Waals surface area contributed by atoms with E-state index in [2.05, 4.69) is 27.7 Å². The summed E-state index contributed by atoms with van der Waals surface area (Å²) in [7, 11) is 0. The smallest absolute Gasteiger partial charge is 0.289 e. The Balaban J connectivity index is 1.11. The van der Waals surface area contributed by atoms with Crippen molar-refractivity contribution in [3.8, 4) is 0 Å². The minimum atomic E-state index is -0.684. The second-order valence-corrected chi connectivity index (χ2v) is 13.1. The number of hydrogen-bond acceptors (Lipinski definition) is 7. The molecule has 3 atom stereocenters. The van der Waals surface area contributed by atoms with Crippen molar-refractivity contribution < 1.29 is 28.3 Å². The Kier molecular flexibility index (Phi) is 10.2. The maximum Gasteiger partial charge on any atom is 0.289 e. The highest BCUT2D eigenvalue weighted by Crippen LogP contribution is 2.36. The Morgan fingerprint density at radius 1 is 0.891 bits per heavy atom. The number of furan rings is 1. The van der Waals surface area contributed by atoms with E-state index >= 15 is 0 Å². The van der Waals surface area contributed by atoms with Crippen molar-refractivity contribution in [3.63, 3.8) is 0 Å². The molecule has 11 heteroatoms. The van der Waals surface area contributed by atoms with Crippen LogP contribution >= 0.6 is 0 Å². The molecule has 0 aliphatic carbocycles. The van der Waals surface area contributed by atoms with Gasteiger partial charge in [-0.1, -0.05) is 42.5 Å². The number of benzene rings is 1. The van der Waals surface area contributed by atoms with Crippen LogP contribution in [-0.4, -0.2) is 109 Å². The molecule has 2 aromatic rings. The number of carbonyl (C=O) groups excluding carboxylic acids is 4. The SMILES string of the molecule is O=C1N[C@H]2CCN(CC(=O)N3CCN(C(=O)c4ccco4)CC3)C[C@H]2CC=CCC2(CCOCC2)C(=O)N[C@@H]1Cc1ccccc1. The van der Waals surface area contributed by atoms with Gasteiger partial charge in [-0.2, -0.15) is 0 Å².